The summed E-state index contributed by atoms with van der Waals surface area (Å²) in [6.07, 6.45) is 7.49. The first-order valence-electron chi connectivity index (χ1n) is 8.67. The van der Waals surface area contributed by atoms with Crippen molar-refractivity contribution in [2.45, 2.75) is 20.3 Å². The number of para-hydroxylation sites is 2. The first-order chi connectivity index (χ1) is 12.2. The molecule has 0 amide bonds. The van der Waals surface area contributed by atoms with Crippen molar-refractivity contribution in [1.82, 2.24) is 7.68 Å². The molecule has 0 radical (unpaired) electrons. The Balaban J connectivity index is 2.33. The molecule has 2 nitrogen and oxygen atoms in total. The van der Waals surface area contributed by atoms with E-state index in [1.165, 1.54) is 21.8 Å². The Labute approximate surface area is 163 Å². The van der Waals surface area contributed by atoms with E-state index in [0.717, 1.165) is 24.4 Å². The number of nitrogens with zero attached hydrogens (tertiary/aromatic N) is 2. The average Bonchev–Trinajstić information content (AvgIpc) is 2.99. The lowest BCUT2D eigenvalue weighted by atomic mass is 10.2. The van der Waals surface area contributed by atoms with Crippen LogP contribution >= 0.6 is 22.9 Å². The van der Waals surface area contributed by atoms with Gasteiger partial charge in [-0.05, 0) is 31.6 Å². The van der Waals surface area contributed by atoms with E-state index in [2.05, 4.69) is 118 Å². The van der Waals surface area contributed by atoms with Gasteiger partial charge in [-0.1, -0.05) is 62.1 Å². The molecule has 1 aromatic heterocycles. The van der Waals surface area contributed by atoms with Gasteiger partial charge in [0.25, 0.3) is 0 Å². The maximum absolute atomic E-state index is 4.37. The predicted octanol–water partition coefficient (Wildman–Crippen LogP) is 6.79. The first kappa shape index (κ1) is 17.8. The topological polar surface area (TPSA) is 8.17 Å². The molecule has 3 rings (SSSR count). The summed E-state index contributed by atoms with van der Waals surface area (Å²) in [6, 6.07) is 17.2. The number of halogens is 1. The number of allylic oxidation sites excluding steroid dienone is 4. The van der Waals surface area contributed by atoms with E-state index >= 15 is 0 Å². The molecule has 3 aromatic rings. The van der Waals surface area contributed by atoms with Crippen LogP contribution in [0.3, 0.4) is 0 Å². The monoisotopic (exact) mass is 442 g/mol. The zero-order valence-corrected chi connectivity index (χ0v) is 16.9. The Hall–Kier alpha value is -2.01. The molecule has 0 saturated heterocycles. The molecule has 0 aliphatic rings. The Morgan fingerprint density at radius 3 is 2.12 bits per heavy atom. The van der Waals surface area contributed by atoms with Crippen LogP contribution in [0.4, 0.5) is 0 Å². The molecule has 128 valence electrons. The fourth-order valence-electron chi connectivity index (χ4n) is 3.09. The van der Waals surface area contributed by atoms with Gasteiger partial charge in [-0.2, -0.15) is 0 Å². The predicted molar refractivity (Wildman–Crippen MR) is 119 cm³/mol. The summed E-state index contributed by atoms with van der Waals surface area (Å²) in [5, 5.41) is 2.54. The SMILES string of the molecule is C=C(/C(=C\C=C/CC)n1c2ccccc2c2ccccc21)N(I)CC. The van der Waals surface area contributed by atoms with Crippen molar-refractivity contribution in [2.75, 3.05) is 6.54 Å². The molecule has 1 heterocycles. The Morgan fingerprint density at radius 2 is 1.60 bits per heavy atom. The van der Waals surface area contributed by atoms with Gasteiger partial charge in [0.2, 0.25) is 0 Å². The van der Waals surface area contributed by atoms with Crippen LogP contribution in [0, 0.1) is 0 Å². The third-order valence-electron chi connectivity index (χ3n) is 4.31. The van der Waals surface area contributed by atoms with Crippen LogP contribution in [-0.4, -0.2) is 14.2 Å². The van der Waals surface area contributed by atoms with E-state index in [0.29, 0.717) is 0 Å². The molecular formula is C22H23IN2. The molecule has 0 unspecified atom stereocenters. The lowest BCUT2D eigenvalue weighted by molar-refractivity contribution is 0.673. The van der Waals surface area contributed by atoms with E-state index in [-0.39, 0.29) is 0 Å². The van der Waals surface area contributed by atoms with Gasteiger partial charge in [-0.15, -0.1) is 0 Å². The maximum atomic E-state index is 4.37. The van der Waals surface area contributed by atoms with Crippen LogP contribution in [0.2, 0.25) is 0 Å². The molecule has 25 heavy (non-hydrogen) atoms. The average molecular weight is 442 g/mol. The van der Waals surface area contributed by atoms with E-state index < -0.39 is 0 Å². The maximum Gasteiger partial charge on any atom is 0.0696 e. The number of hydrogen-bond acceptors (Lipinski definition) is 1. The summed E-state index contributed by atoms with van der Waals surface area (Å²) < 4.78 is 4.49. The molecule has 0 saturated carbocycles. The molecule has 0 atom stereocenters. The highest BCUT2D eigenvalue weighted by molar-refractivity contribution is 14.1. The summed E-state index contributed by atoms with van der Waals surface area (Å²) in [4.78, 5) is 0. The summed E-state index contributed by atoms with van der Waals surface area (Å²) in [5.74, 6) is 0. The lowest BCUT2D eigenvalue weighted by Gasteiger charge is -2.22. The van der Waals surface area contributed by atoms with Crippen LogP contribution < -0.4 is 0 Å². The van der Waals surface area contributed by atoms with E-state index in [1.54, 1.807) is 0 Å². The molecule has 2 aromatic carbocycles. The minimum Gasteiger partial charge on any atom is -0.314 e. The number of benzene rings is 2. The van der Waals surface area contributed by atoms with Crippen molar-refractivity contribution in [3.63, 3.8) is 0 Å². The van der Waals surface area contributed by atoms with Crippen LogP contribution in [0.25, 0.3) is 27.5 Å². The van der Waals surface area contributed by atoms with Crippen molar-refractivity contribution >= 4 is 50.4 Å². The molecule has 3 heteroatoms. The van der Waals surface area contributed by atoms with Crippen molar-refractivity contribution < 1.29 is 0 Å². The van der Waals surface area contributed by atoms with Gasteiger partial charge in [0.05, 0.1) is 45.3 Å². The number of hydrogen-bond donors (Lipinski definition) is 0. The summed E-state index contributed by atoms with van der Waals surface area (Å²) in [7, 11) is 0. The molecule has 0 aliphatic carbocycles. The van der Waals surface area contributed by atoms with Gasteiger partial charge in [0.15, 0.2) is 0 Å². The zero-order chi connectivity index (χ0) is 17.8. The largest absolute Gasteiger partial charge is 0.314 e. The van der Waals surface area contributed by atoms with Gasteiger partial charge < -0.3 is 7.68 Å². The molecular weight excluding hydrogens is 419 g/mol. The quantitative estimate of drug-likeness (QED) is 0.232. The van der Waals surface area contributed by atoms with E-state index in [4.69, 9.17) is 0 Å². The van der Waals surface area contributed by atoms with Gasteiger partial charge in [0, 0.05) is 17.3 Å². The highest BCUT2D eigenvalue weighted by Gasteiger charge is 2.16. The second-order valence-corrected chi connectivity index (χ2v) is 7.05. The molecule has 0 bridgehead atoms. The van der Waals surface area contributed by atoms with Crippen LogP contribution in [0.15, 0.2) is 79.0 Å². The number of fused-ring (bicyclic) bond motifs is 3. The number of likely N-dealkylation sites (N-methyl/N-ethyl adjacent to an activating group) is 1. The molecule has 0 spiro atoms. The normalized spacial score (nSPS) is 12.4. The molecule has 0 aliphatic heterocycles. The molecule has 0 fully saturated rings. The van der Waals surface area contributed by atoms with Crippen LogP contribution in [0.5, 0.6) is 0 Å². The molecule has 0 N–H and O–H groups in total. The highest BCUT2D eigenvalue weighted by Crippen LogP contribution is 2.34. The fraction of sp³-hybridized carbons (Fsp3) is 0.182. The second kappa shape index (κ2) is 7.91. The summed E-state index contributed by atoms with van der Waals surface area (Å²) in [5.41, 5.74) is 4.54. The van der Waals surface area contributed by atoms with Gasteiger partial charge in [-0.3, -0.25) is 0 Å². The van der Waals surface area contributed by atoms with E-state index in [9.17, 15) is 0 Å². The van der Waals surface area contributed by atoms with E-state index in [1.807, 2.05) is 0 Å². The second-order valence-electron chi connectivity index (χ2n) is 5.88. The summed E-state index contributed by atoms with van der Waals surface area (Å²) >= 11 is 2.34. The number of rotatable bonds is 6. The summed E-state index contributed by atoms with van der Waals surface area (Å²) in [6.45, 7) is 9.57. The van der Waals surface area contributed by atoms with Gasteiger partial charge >= 0.3 is 0 Å². The Morgan fingerprint density at radius 1 is 1.04 bits per heavy atom. The van der Waals surface area contributed by atoms with Gasteiger partial charge in [-0.25, -0.2) is 0 Å². The fourth-order valence-corrected chi connectivity index (χ4v) is 3.34. The van der Waals surface area contributed by atoms with Crippen molar-refractivity contribution in [3.8, 4) is 0 Å². The third-order valence-corrected chi connectivity index (χ3v) is 5.58. The highest BCUT2D eigenvalue weighted by atomic mass is 127. The van der Waals surface area contributed by atoms with Crippen molar-refractivity contribution in [2.24, 2.45) is 0 Å². The number of aromatic nitrogens is 1. The minimum absolute atomic E-state index is 0.908. The lowest BCUT2D eigenvalue weighted by Crippen LogP contribution is -2.13. The van der Waals surface area contributed by atoms with Gasteiger partial charge in [0.1, 0.15) is 0 Å². The third kappa shape index (κ3) is 3.38. The Kier molecular flexibility index (Phi) is 5.63. The Bertz CT molecular complexity index is 909. The first-order valence-corrected chi connectivity index (χ1v) is 9.63. The van der Waals surface area contributed by atoms with Crippen LogP contribution in [0.1, 0.15) is 20.3 Å². The van der Waals surface area contributed by atoms with Crippen molar-refractivity contribution in [3.05, 3.63) is 79.0 Å². The standard InChI is InChI=1S/C22H23IN2/c1-4-6-7-14-20(17(3)24(23)5-2)25-21-15-10-8-12-18(21)19-13-9-11-16-22(19)25/h6-16H,3-5H2,1-2H3/b7-6-,20-14+. The minimum atomic E-state index is 0.908. The van der Waals surface area contributed by atoms with Crippen LogP contribution in [-0.2, 0) is 0 Å². The smallest absolute Gasteiger partial charge is 0.0696 e. The zero-order valence-electron chi connectivity index (χ0n) is 14.7. The van der Waals surface area contributed by atoms with Crippen molar-refractivity contribution in [1.29, 1.82) is 0 Å².